The van der Waals surface area contributed by atoms with Crippen molar-refractivity contribution < 1.29 is 19.3 Å². The number of nitro benzene ring substituents is 1. The minimum atomic E-state index is -0.615. The van der Waals surface area contributed by atoms with Crippen LogP contribution in [0.1, 0.15) is 41.6 Å². The number of piperazine rings is 1. The van der Waals surface area contributed by atoms with E-state index < -0.39 is 6.04 Å². The first-order chi connectivity index (χ1) is 19.8. The van der Waals surface area contributed by atoms with Gasteiger partial charge in [0.25, 0.3) is 11.6 Å². The third-order valence-corrected chi connectivity index (χ3v) is 9.46. The lowest BCUT2D eigenvalue weighted by Crippen LogP contribution is -2.68. The summed E-state index contributed by atoms with van der Waals surface area (Å²) in [6.07, 6.45) is 3.65. The SMILES string of the molecule is CNC(=O)CCC(C=O)N1Cc2c(cccc2N2CC3(CC(N4CCN(c5ccc([N+](=O)[O-])cc5)CC4)C3)C2)C1=O. The number of hydrogen-bond acceptors (Lipinski definition) is 8. The molecule has 3 heterocycles. The monoisotopic (exact) mass is 560 g/mol. The maximum Gasteiger partial charge on any atom is 0.269 e. The number of nitro groups is 1. The predicted octanol–water partition coefficient (Wildman–Crippen LogP) is 2.44. The number of aldehydes is 1. The maximum absolute atomic E-state index is 13.2. The Morgan fingerprint density at radius 2 is 1.80 bits per heavy atom. The molecule has 1 aliphatic carbocycles. The van der Waals surface area contributed by atoms with Crippen LogP contribution in [-0.4, -0.2) is 91.2 Å². The van der Waals surface area contributed by atoms with E-state index in [1.54, 1.807) is 24.1 Å². The molecule has 41 heavy (non-hydrogen) atoms. The molecule has 0 bridgehead atoms. The van der Waals surface area contributed by atoms with Crippen LogP contribution in [-0.2, 0) is 16.1 Å². The van der Waals surface area contributed by atoms with Crippen molar-refractivity contribution in [2.45, 2.75) is 44.3 Å². The van der Waals surface area contributed by atoms with Gasteiger partial charge in [-0.2, -0.15) is 0 Å². The quantitative estimate of drug-likeness (QED) is 0.282. The zero-order valence-corrected chi connectivity index (χ0v) is 23.3. The minimum absolute atomic E-state index is 0.120. The molecule has 3 aliphatic heterocycles. The van der Waals surface area contributed by atoms with Gasteiger partial charge in [0.2, 0.25) is 5.91 Å². The maximum atomic E-state index is 13.2. The fourth-order valence-electron chi connectivity index (χ4n) is 7.12. The lowest BCUT2D eigenvalue weighted by molar-refractivity contribution is -0.384. The molecule has 0 radical (unpaired) electrons. The van der Waals surface area contributed by atoms with Gasteiger partial charge in [-0.25, -0.2) is 0 Å². The Hall–Kier alpha value is -3.99. The second-order valence-electron chi connectivity index (χ2n) is 11.9. The van der Waals surface area contributed by atoms with Gasteiger partial charge in [0.05, 0.1) is 11.0 Å². The van der Waals surface area contributed by atoms with Crippen LogP contribution in [0.15, 0.2) is 42.5 Å². The van der Waals surface area contributed by atoms with Gasteiger partial charge < -0.3 is 24.8 Å². The highest BCUT2D eigenvalue weighted by Crippen LogP contribution is 2.52. The number of carbonyl (C=O) groups excluding carboxylic acids is 3. The fourth-order valence-corrected chi connectivity index (χ4v) is 7.12. The number of benzene rings is 2. The molecule has 2 saturated heterocycles. The van der Waals surface area contributed by atoms with E-state index in [0.29, 0.717) is 30.0 Å². The molecular formula is C30H36N6O5. The van der Waals surface area contributed by atoms with Gasteiger partial charge in [-0.3, -0.25) is 24.6 Å². The number of rotatable bonds is 9. The Morgan fingerprint density at radius 1 is 1.10 bits per heavy atom. The molecule has 1 spiro atoms. The second kappa shape index (κ2) is 10.8. The van der Waals surface area contributed by atoms with E-state index in [4.69, 9.17) is 0 Å². The number of nitrogens with zero attached hydrogens (tertiary/aromatic N) is 5. The zero-order chi connectivity index (χ0) is 28.7. The van der Waals surface area contributed by atoms with Crippen molar-refractivity contribution in [3.05, 3.63) is 63.7 Å². The third-order valence-electron chi connectivity index (χ3n) is 9.46. The average Bonchev–Trinajstić information content (AvgIpc) is 3.29. The molecule has 3 fully saturated rings. The Bertz CT molecular complexity index is 1340. The summed E-state index contributed by atoms with van der Waals surface area (Å²) in [7, 11) is 1.57. The van der Waals surface area contributed by atoms with Gasteiger partial charge in [-0.15, -0.1) is 0 Å². The Labute approximate surface area is 239 Å². The van der Waals surface area contributed by atoms with Crippen LogP contribution in [0.25, 0.3) is 0 Å². The van der Waals surface area contributed by atoms with Crippen LogP contribution in [0.4, 0.5) is 17.1 Å². The summed E-state index contributed by atoms with van der Waals surface area (Å²) >= 11 is 0. The zero-order valence-electron chi connectivity index (χ0n) is 23.3. The molecule has 11 nitrogen and oxygen atoms in total. The molecule has 1 N–H and O–H groups in total. The summed E-state index contributed by atoms with van der Waals surface area (Å²) < 4.78 is 0. The number of anilines is 2. The lowest BCUT2D eigenvalue weighted by atomic mass is 9.60. The number of carbonyl (C=O) groups is 3. The molecule has 6 rings (SSSR count). The number of amides is 2. The number of fused-ring (bicyclic) bond motifs is 1. The van der Waals surface area contributed by atoms with Crippen molar-refractivity contribution in [2.75, 3.05) is 56.1 Å². The van der Waals surface area contributed by atoms with Gasteiger partial charge in [0.1, 0.15) is 6.29 Å². The van der Waals surface area contributed by atoms with Crippen LogP contribution in [0.5, 0.6) is 0 Å². The summed E-state index contributed by atoms with van der Waals surface area (Å²) in [5.41, 5.74) is 4.21. The predicted molar refractivity (Wildman–Crippen MR) is 154 cm³/mol. The highest BCUT2D eigenvalue weighted by molar-refractivity contribution is 6.01. The van der Waals surface area contributed by atoms with Gasteiger partial charge in [0, 0.05) is 105 Å². The second-order valence-corrected chi connectivity index (χ2v) is 11.9. The van der Waals surface area contributed by atoms with Gasteiger partial charge in [-0.1, -0.05) is 6.07 Å². The van der Waals surface area contributed by atoms with Crippen LogP contribution < -0.4 is 15.1 Å². The van der Waals surface area contributed by atoms with E-state index in [9.17, 15) is 24.5 Å². The van der Waals surface area contributed by atoms with Crippen LogP contribution >= 0.6 is 0 Å². The van der Waals surface area contributed by atoms with E-state index in [2.05, 4.69) is 26.1 Å². The molecule has 4 aliphatic rings. The van der Waals surface area contributed by atoms with Crippen molar-refractivity contribution in [2.24, 2.45) is 5.41 Å². The van der Waals surface area contributed by atoms with Crippen molar-refractivity contribution >= 4 is 35.2 Å². The summed E-state index contributed by atoms with van der Waals surface area (Å²) in [6, 6.07) is 12.6. The highest BCUT2D eigenvalue weighted by atomic mass is 16.6. The number of nitrogens with one attached hydrogen (secondary N) is 1. The molecule has 1 atom stereocenters. The smallest absolute Gasteiger partial charge is 0.269 e. The van der Waals surface area contributed by atoms with Crippen LogP contribution in [0, 0.1) is 15.5 Å². The largest absolute Gasteiger partial charge is 0.370 e. The normalized spacial score (nSPS) is 20.8. The number of non-ortho nitro benzene ring substituents is 1. The first kappa shape index (κ1) is 27.2. The minimum Gasteiger partial charge on any atom is -0.370 e. The first-order valence-corrected chi connectivity index (χ1v) is 14.4. The summed E-state index contributed by atoms with van der Waals surface area (Å²) in [6.45, 7) is 6.16. The summed E-state index contributed by atoms with van der Waals surface area (Å²) in [5.74, 6) is -0.277. The van der Waals surface area contributed by atoms with E-state index in [1.807, 2.05) is 24.3 Å². The van der Waals surface area contributed by atoms with Gasteiger partial charge in [0.15, 0.2) is 0 Å². The molecule has 1 saturated carbocycles. The van der Waals surface area contributed by atoms with E-state index in [-0.39, 0.29) is 28.8 Å². The van der Waals surface area contributed by atoms with E-state index in [1.165, 1.54) is 12.8 Å². The standard InChI is InChI=1S/C30H36N6O5/c1-31-28(38)10-9-23(18-37)35-17-26-25(29(35)39)3-2-4-27(26)34-19-30(20-34)15-24(16-30)33-13-11-32(12-14-33)21-5-7-22(8-6-21)36(40)41/h2-8,18,23-24H,9-17,19-20H2,1H3,(H,31,38). The molecule has 0 aromatic heterocycles. The van der Waals surface area contributed by atoms with Gasteiger partial charge in [-0.05, 0) is 43.5 Å². The molecule has 2 aromatic carbocycles. The topological polar surface area (TPSA) is 119 Å². The number of hydrogen-bond donors (Lipinski definition) is 1. The van der Waals surface area contributed by atoms with Crippen LogP contribution in [0.2, 0.25) is 0 Å². The molecular weight excluding hydrogens is 524 g/mol. The van der Waals surface area contributed by atoms with Crippen molar-refractivity contribution in [3.63, 3.8) is 0 Å². The molecule has 11 heteroatoms. The fraction of sp³-hybridized carbons (Fsp3) is 0.500. The summed E-state index contributed by atoms with van der Waals surface area (Å²) in [5, 5.41) is 13.5. The molecule has 216 valence electrons. The van der Waals surface area contributed by atoms with Crippen molar-refractivity contribution in [1.29, 1.82) is 0 Å². The molecule has 2 aromatic rings. The lowest BCUT2D eigenvalue weighted by Gasteiger charge is -2.62. The van der Waals surface area contributed by atoms with Crippen molar-refractivity contribution in [3.8, 4) is 0 Å². The van der Waals surface area contributed by atoms with Gasteiger partial charge >= 0.3 is 0 Å². The third kappa shape index (κ3) is 5.03. The van der Waals surface area contributed by atoms with E-state index in [0.717, 1.165) is 62.5 Å². The highest BCUT2D eigenvalue weighted by Gasteiger charge is 2.54. The first-order valence-electron chi connectivity index (χ1n) is 14.4. The van der Waals surface area contributed by atoms with E-state index >= 15 is 0 Å². The van der Waals surface area contributed by atoms with Crippen molar-refractivity contribution in [1.82, 2.24) is 15.1 Å². The Kier molecular flexibility index (Phi) is 7.14. The summed E-state index contributed by atoms with van der Waals surface area (Å²) in [4.78, 5) is 56.1. The molecule has 1 unspecified atom stereocenters. The molecule has 2 amide bonds. The Morgan fingerprint density at radius 3 is 2.44 bits per heavy atom. The Balaban J connectivity index is 1.01. The van der Waals surface area contributed by atoms with Crippen LogP contribution in [0.3, 0.4) is 0 Å². The average molecular weight is 561 g/mol.